The van der Waals surface area contributed by atoms with Crippen LogP contribution in [0.3, 0.4) is 0 Å². The molecule has 0 saturated carbocycles. The molecule has 0 unspecified atom stereocenters. The number of likely N-dealkylation sites (N-methyl/N-ethyl adjacent to an activating group) is 1. The Morgan fingerprint density at radius 3 is 2.53 bits per heavy atom. The highest BCUT2D eigenvalue weighted by molar-refractivity contribution is 9.10. The van der Waals surface area contributed by atoms with Crippen LogP contribution >= 0.6 is 15.9 Å². The molecular weight excluding hydrogens is 457 g/mol. The number of esters is 1. The van der Waals surface area contributed by atoms with Gasteiger partial charge in [0.2, 0.25) is 5.76 Å². The van der Waals surface area contributed by atoms with Gasteiger partial charge in [0.15, 0.2) is 6.61 Å². The van der Waals surface area contributed by atoms with E-state index in [0.29, 0.717) is 18.1 Å². The normalized spacial score (nSPS) is 10.5. The summed E-state index contributed by atoms with van der Waals surface area (Å²) in [4.78, 5) is 25.8. The molecule has 0 bridgehead atoms. The summed E-state index contributed by atoms with van der Waals surface area (Å²) in [5.41, 5.74) is 0.941. The lowest BCUT2D eigenvalue weighted by Crippen LogP contribution is -2.30. The van der Waals surface area contributed by atoms with Crippen molar-refractivity contribution < 1.29 is 27.9 Å². The second kappa shape index (κ2) is 10.1. The Morgan fingerprint density at radius 2 is 1.80 bits per heavy atom. The Hall–Kier alpha value is -3.13. The Bertz CT molecular complexity index is 1020. The molecule has 0 radical (unpaired) electrons. The molecule has 3 rings (SSSR count). The number of hydrogen-bond donors (Lipinski definition) is 0. The summed E-state index contributed by atoms with van der Waals surface area (Å²) in [7, 11) is 1.63. The van der Waals surface area contributed by atoms with Crippen LogP contribution in [0.4, 0.5) is 4.39 Å². The van der Waals surface area contributed by atoms with Crippen molar-refractivity contribution >= 4 is 27.8 Å². The number of ether oxygens (including phenoxy) is 2. The van der Waals surface area contributed by atoms with Crippen LogP contribution in [0, 0.1) is 5.82 Å². The minimum Gasteiger partial charge on any atom is -0.486 e. The number of halogens is 2. The number of rotatable bonds is 8. The topological polar surface area (TPSA) is 69.0 Å². The number of furan rings is 1. The Labute approximate surface area is 181 Å². The van der Waals surface area contributed by atoms with Gasteiger partial charge in [-0.3, -0.25) is 4.79 Å². The van der Waals surface area contributed by atoms with Crippen LogP contribution in [0.15, 0.2) is 69.6 Å². The van der Waals surface area contributed by atoms with Crippen LogP contribution in [0.1, 0.15) is 21.9 Å². The molecule has 0 aliphatic carbocycles. The van der Waals surface area contributed by atoms with E-state index in [9.17, 15) is 14.0 Å². The van der Waals surface area contributed by atoms with Gasteiger partial charge in [0, 0.05) is 18.1 Å². The van der Waals surface area contributed by atoms with Gasteiger partial charge in [-0.2, -0.15) is 0 Å². The van der Waals surface area contributed by atoms with Gasteiger partial charge >= 0.3 is 5.97 Å². The molecule has 0 spiro atoms. The summed E-state index contributed by atoms with van der Waals surface area (Å²) < 4.78 is 29.7. The van der Waals surface area contributed by atoms with Crippen LogP contribution in [-0.4, -0.2) is 30.4 Å². The summed E-state index contributed by atoms with van der Waals surface area (Å²) >= 11 is 3.44. The fraction of sp³-hybridized carbons (Fsp3) is 0.182. The molecule has 0 saturated heterocycles. The van der Waals surface area contributed by atoms with Crippen LogP contribution in [0.5, 0.6) is 5.75 Å². The largest absolute Gasteiger partial charge is 0.486 e. The first-order chi connectivity index (χ1) is 14.4. The molecule has 3 aromatic rings. The van der Waals surface area contributed by atoms with E-state index in [1.807, 2.05) is 24.3 Å². The van der Waals surface area contributed by atoms with Gasteiger partial charge < -0.3 is 18.8 Å². The first kappa shape index (κ1) is 21.6. The Balaban J connectivity index is 1.47. The van der Waals surface area contributed by atoms with E-state index in [4.69, 9.17) is 13.9 Å². The molecule has 2 aromatic carbocycles. The van der Waals surface area contributed by atoms with Gasteiger partial charge in [0.1, 0.15) is 23.9 Å². The van der Waals surface area contributed by atoms with E-state index >= 15 is 0 Å². The second-order valence-corrected chi connectivity index (χ2v) is 7.28. The average Bonchev–Trinajstić information content (AvgIpc) is 3.22. The van der Waals surface area contributed by atoms with Crippen molar-refractivity contribution in [2.24, 2.45) is 0 Å². The number of hydrogen-bond acceptors (Lipinski definition) is 5. The van der Waals surface area contributed by atoms with Gasteiger partial charge in [0.05, 0.1) is 0 Å². The summed E-state index contributed by atoms with van der Waals surface area (Å²) in [6.45, 7) is 0.0395. The number of carbonyl (C=O) groups is 2. The predicted molar refractivity (Wildman–Crippen MR) is 110 cm³/mol. The maximum Gasteiger partial charge on any atom is 0.374 e. The fourth-order valence-electron chi connectivity index (χ4n) is 2.53. The van der Waals surface area contributed by atoms with E-state index in [1.54, 1.807) is 13.1 Å². The van der Waals surface area contributed by atoms with Gasteiger partial charge in [-0.15, -0.1) is 0 Å². The number of nitrogens with zero attached hydrogens (tertiary/aromatic N) is 1. The van der Waals surface area contributed by atoms with Gasteiger partial charge in [-0.1, -0.05) is 34.1 Å². The molecule has 1 amide bonds. The zero-order valence-electron chi connectivity index (χ0n) is 16.1. The third kappa shape index (κ3) is 5.93. The summed E-state index contributed by atoms with van der Waals surface area (Å²) in [5.74, 6) is -0.619. The monoisotopic (exact) mass is 475 g/mol. The van der Waals surface area contributed by atoms with Crippen molar-refractivity contribution in [2.45, 2.75) is 13.2 Å². The molecule has 156 valence electrons. The van der Waals surface area contributed by atoms with Crippen molar-refractivity contribution in [3.8, 4) is 5.75 Å². The third-order valence-corrected chi connectivity index (χ3v) is 4.95. The lowest BCUT2D eigenvalue weighted by atomic mass is 10.2. The summed E-state index contributed by atoms with van der Waals surface area (Å²) in [6.07, 6.45) is 0. The first-order valence-electron chi connectivity index (χ1n) is 9.04. The number of carbonyl (C=O) groups excluding carboxylic acids is 2. The van der Waals surface area contributed by atoms with E-state index in [1.165, 1.54) is 35.2 Å². The minimum absolute atomic E-state index is 0.0334. The highest BCUT2D eigenvalue weighted by Crippen LogP contribution is 2.18. The predicted octanol–water partition coefficient (Wildman–Crippen LogP) is 4.58. The zero-order chi connectivity index (χ0) is 21.5. The maximum atomic E-state index is 12.9. The smallest absolute Gasteiger partial charge is 0.374 e. The molecule has 0 atom stereocenters. The lowest BCUT2D eigenvalue weighted by Gasteiger charge is -2.17. The molecule has 0 aliphatic rings. The molecule has 30 heavy (non-hydrogen) atoms. The number of benzene rings is 2. The summed E-state index contributed by atoms with van der Waals surface area (Å²) in [5, 5.41) is 0. The molecule has 0 fully saturated rings. The molecule has 1 aromatic heterocycles. The highest BCUT2D eigenvalue weighted by atomic mass is 79.9. The molecule has 0 N–H and O–H groups in total. The van der Waals surface area contributed by atoms with Gasteiger partial charge in [-0.05, 0) is 48.0 Å². The summed E-state index contributed by atoms with van der Waals surface area (Å²) in [6, 6.07) is 16.1. The third-order valence-electron chi connectivity index (χ3n) is 4.18. The number of amides is 1. The van der Waals surface area contributed by atoms with Crippen molar-refractivity contribution in [2.75, 3.05) is 13.7 Å². The molecule has 8 heteroatoms. The molecule has 0 aliphatic heterocycles. The standard InChI is InChI=1S/C22H19BrFNO5/c1-25(12-15-4-2-3-5-19(15)23)21(26)14-29-22(27)20-11-10-18(30-20)13-28-17-8-6-16(24)7-9-17/h2-11H,12-14H2,1H3. The van der Waals surface area contributed by atoms with Gasteiger partial charge in [-0.25, -0.2) is 9.18 Å². The minimum atomic E-state index is -0.745. The van der Waals surface area contributed by atoms with Crippen molar-refractivity contribution in [3.05, 3.63) is 88.0 Å². The van der Waals surface area contributed by atoms with Crippen molar-refractivity contribution in [1.82, 2.24) is 4.90 Å². The Morgan fingerprint density at radius 1 is 1.07 bits per heavy atom. The molecular formula is C22H19BrFNO5. The highest BCUT2D eigenvalue weighted by Gasteiger charge is 2.17. The SMILES string of the molecule is CN(Cc1ccccc1Br)C(=O)COC(=O)c1ccc(COc2ccc(F)cc2)o1. The zero-order valence-corrected chi connectivity index (χ0v) is 17.7. The fourth-order valence-corrected chi connectivity index (χ4v) is 2.94. The lowest BCUT2D eigenvalue weighted by molar-refractivity contribution is -0.133. The average molecular weight is 476 g/mol. The van der Waals surface area contributed by atoms with Gasteiger partial charge in [0.25, 0.3) is 5.91 Å². The van der Waals surface area contributed by atoms with E-state index in [-0.39, 0.29) is 24.1 Å². The molecule has 1 heterocycles. The van der Waals surface area contributed by atoms with Crippen molar-refractivity contribution in [1.29, 1.82) is 0 Å². The molecule has 6 nitrogen and oxygen atoms in total. The van der Waals surface area contributed by atoms with E-state index in [0.717, 1.165) is 10.0 Å². The van der Waals surface area contributed by atoms with E-state index in [2.05, 4.69) is 15.9 Å². The van der Waals surface area contributed by atoms with E-state index < -0.39 is 12.6 Å². The van der Waals surface area contributed by atoms with Crippen LogP contribution in [0.2, 0.25) is 0 Å². The Kier molecular flexibility index (Phi) is 7.24. The van der Waals surface area contributed by atoms with Crippen LogP contribution in [-0.2, 0) is 22.7 Å². The maximum absolute atomic E-state index is 12.9. The quantitative estimate of drug-likeness (QED) is 0.446. The van der Waals surface area contributed by atoms with Crippen LogP contribution in [0.25, 0.3) is 0 Å². The van der Waals surface area contributed by atoms with Crippen LogP contribution < -0.4 is 4.74 Å². The second-order valence-electron chi connectivity index (χ2n) is 6.43. The first-order valence-corrected chi connectivity index (χ1v) is 9.83. The van der Waals surface area contributed by atoms with Crippen molar-refractivity contribution in [3.63, 3.8) is 0 Å².